The van der Waals surface area contributed by atoms with Gasteiger partial charge in [0, 0.05) is 46.7 Å². The number of nitrogens with zero attached hydrogens (tertiary/aromatic N) is 1. The SMILES string of the molecule is O=C1C[C@H](C(=O)N2CCc3[nH]c4ccc(Cl)cc4c3C2)C2(CCCC2)O1. The van der Waals surface area contributed by atoms with Crippen LogP contribution in [0.15, 0.2) is 18.2 Å². The number of amides is 1. The van der Waals surface area contributed by atoms with E-state index in [-0.39, 0.29) is 24.2 Å². The fourth-order valence-corrected chi connectivity index (χ4v) is 5.20. The second kappa shape index (κ2) is 5.74. The fraction of sp³-hybridized carbons (Fsp3) is 0.500. The number of ether oxygens (including phenoxy) is 1. The molecule has 1 N–H and O–H groups in total. The molecular formula is C20H21ClN2O3. The summed E-state index contributed by atoms with van der Waals surface area (Å²) in [6.45, 7) is 1.24. The number of carbonyl (C=O) groups excluding carboxylic acids is 2. The summed E-state index contributed by atoms with van der Waals surface area (Å²) in [5, 5.41) is 1.78. The van der Waals surface area contributed by atoms with E-state index in [4.69, 9.17) is 16.3 Å². The number of rotatable bonds is 1. The Labute approximate surface area is 156 Å². The van der Waals surface area contributed by atoms with E-state index < -0.39 is 5.60 Å². The van der Waals surface area contributed by atoms with E-state index in [1.807, 2.05) is 23.1 Å². The second-order valence-electron chi connectivity index (χ2n) is 7.78. The van der Waals surface area contributed by atoms with Crippen molar-refractivity contribution in [3.63, 3.8) is 0 Å². The molecule has 6 heteroatoms. The topological polar surface area (TPSA) is 62.4 Å². The molecule has 2 aliphatic heterocycles. The van der Waals surface area contributed by atoms with Gasteiger partial charge in [0.1, 0.15) is 5.60 Å². The zero-order valence-electron chi connectivity index (χ0n) is 14.5. The van der Waals surface area contributed by atoms with Crippen LogP contribution in [-0.2, 0) is 27.3 Å². The van der Waals surface area contributed by atoms with Crippen molar-refractivity contribution < 1.29 is 14.3 Å². The molecule has 1 saturated carbocycles. The largest absolute Gasteiger partial charge is 0.458 e. The minimum Gasteiger partial charge on any atom is -0.458 e. The summed E-state index contributed by atoms with van der Waals surface area (Å²) in [6, 6.07) is 5.82. The maximum atomic E-state index is 13.3. The van der Waals surface area contributed by atoms with Crippen molar-refractivity contribution in [1.82, 2.24) is 9.88 Å². The molecule has 1 aromatic carbocycles. The van der Waals surface area contributed by atoms with Gasteiger partial charge in [0.05, 0.1) is 12.3 Å². The average molecular weight is 373 g/mol. The van der Waals surface area contributed by atoms with Crippen LogP contribution in [-0.4, -0.2) is 33.9 Å². The van der Waals surface area contributed by atoms with Crippen LogP contribution >= 0.6 is 11.6 Å². The van der Waals surface area contributed by atoms with Crippen molar-refractivity contribution >= 4 is 34.4 Å². The lowest BCUT2D eigenvalue weighted by atomic mass is 9.84. The third-order valence-electron chi connectivity index (χ3n) is 6.32. The van der Waals surface area contributed by atoms with Gasteiger partial charge in [-0.15, -0.1) is 0 Å². The third-order valence-corrected chi connectivity index (χ3v) is 6.55. The van der Waals surface area contributed by atoms with Crippen LogP contribution in [0.3, 0.4) is 0 Å². The first-order valence-electron chi connectivity index (χ1n) is 9.35. The van der Waals surface area contributed by atoms with Gasteiger partial charge >= 0.3 is 5.97 Å². The summed E-state index contributed by atoms with van der Waals surface area (Å²) in [5.74, 6) is -0.477. The van der Waals surface area contributed by atoms with E-state index in [2.05, 4.69) is 4.98 Å². The van der Waals surface area contributed by atoms with Gasteiger partial charge in [-0.25, -0.2) is 0 Å². The molecule has 0 bridgehead atoms. The predicted molar refractivity (Wildman–Crippen MR) is 97.8 cm³/mol. The number of aromatic nitrogens is 1. The molecule has 1 aromatic heterocycles. The molecule has 3 heterocycles. The highest BCUT2D eigenvalue weighted by Crippen LogP contribution is 2.46. The molecule has 1 spiro atoms. The Kier molecular flexibility index (Phi) is 3.58. The number of halogens is 1. The molecule has 5 nitrogen and oxygen atoms in total. The number of H-pyrrole nitrogens is 1. The molecule has 5 rings (SSSR count). The molecule has 2 aromatic rings. The van der Waals surface area contributed by atoms with Gasteiger partial charge in [-0.1, -0.05) is 11.6 Å². The van der Waals surface area contributed by atoms with Gasteiger partial charge in [0.25, 0.3) is 0 Å². The first kappa shape index (κ1) is 16.2. The van der Waals surface area contributed by atoms with Crippen molar-refractivity contribution in [3.05, 3.63) is 34.5 Å². The summed E-state index contributed by atoms with van der Waals surface area (Å²) in [5.41, 5.74) is 2.84. The Hall–Kier alpha value is -2.01. The van der Waals surface area contributed by atoms with Crippen molar-refractivity contribution in [1.29, 1.82) is 0 Å². The van der Waals surface area contributed by atoms with Gasteiger partial charge in [-0.2, -0.15) is 0 Å². The smallest absolute Gasteiger partial charge is 0.307 e. The number of fused-ring (bicyclic) bond motifs is 3. The van der Waals surface area contributed by atoms with E-state index in [1.54, 1.807) is 0 Å². The van der Waals surface area contributed by atoms with Crippen LogP contribution in [0, 0.1) is 5.92 Å². The highest BCUT2D eigenvalue weighted by atomic mass is 35.5. The summed E-state index contributed by atoms with van der Waals surface area (Å²) in [6.07, 6.45) is 4.71. The van der Waals surface area contributed by atoms with Crippen LogP contribution in [0.1, 0.15) is 43.4 Å². The monoisotopic (exact) mass is 372 g/mol. The maximum Gasteiger partial charge on any atom is 0.307 e. The Morgan fingerprint density at radius 3 is 2.92 bits per heavy atom. The van der Waals surface area contributed by atoms with Gasteiger partial charge in [0.2, 0.25) is 5.91 Å². The fourth-order valence-electron chi connectivity index (χ4n) is 5.02. The lowest BCUT2D eigenvalue weighted by Gasteiger charge is -2.34. The lowest BCUT2D eigenvalue weighted by Crippen LogP contribution is -2.46. The Morgan fingerprint density at radius 2 is 2.12 bits per heavy atom. The highest BCUT2D eigenvalue weighted by molar-refractivity contribution is 6.31. The third kappa shape index (κ3) is 2.37. The average Bonchev–Trinajstić information content (AvgIpc) is 3.32. The number of hydrogen-bond acceptors (Lipinski definition) is 3. The summed E-state index contributed by atoms with van der Waals surface area (Å²) >= 11 is 6.17. The quantitative estimate of drug-likeness (QED) is 0.778. The van der Waals surface area contributed by atoms with E-state index >= 15 is 0 Å². The van der Waals surface area contributed by atoms with Crippen molar-refractivity contribution in [2.24, 2.45) is 5.92 Å². The molecule has 136 valence electrons. The number of esters is 1. The molecule has 0 unspecified atom stereocenters. The normalized spacial score (nSPS) is 24.3. The highest BCUT2D eigenvalue weighted by Gasteiger charge is 2.55. The van der Waals surface area contributed by atoms with Crippen molar-refractivity contribution in [3.8, 4) is 0 Å². The summed E-state index contributed by atoms with van der Waals surface area (Å²) in [4.78, 5) is 30.6. The molecule has 1 atom stereocenters. The Morgan fingerprint density at radius 1 is 1.31 bits per heavy atom. The van der Waals surface area contributed by atoms with Crippen LogP contribution < -0.4 is 0 Å². The maximum absolute atomic E-state index is 13.3. The van der Waals surface area contributed by atoms with Gasteiger partial charge in [-0.05, 0) is 43.9 Å². The van der Waals surface area contributed by atoms with Crippen LogP contribution in [0.5, 0.6) is 0 Å². The Bertz CT molecular complexity index is 913. The van der Waals surface area contributed by atoms with Crippen molar-refractivity contribution in [2.75, 3.05) is 6.54 Å². The van der Waals surface area contributed by atoms with Gasteiger partial charge in [-0.3, -0.25) is 9.59 Å². The zero-order valence-corrected chi connectivity index (χ0v) is 15.3. The number of benzene rings is 1. The first-order chi connectivity index (χ1) is 12.6. The molecular weight excluding hydrogens is 352 g/mol. The molecule has 1 saturated heterocycles. The van der Waals surface area contributed by atoms with Crippen molar-refractivity contribution in [2.45, 2.75) is 50.7 Å². The molecule has 1 aliphatic carbocycles. The number of aromatic amines is 1. The molecule has 26 heavy (non-hydrogen) atoms. The number of carbonyl (C=O) groups is 2. The summed E-state index contributed by atoms with van der Waals surface area (Å²) < 4.78 is 5.66. The number of nitrogens with one attached hydrogen (secondary N) is 1. The van der Waals surface area contributed by atoms with Crippen LogP contribution in [0.25, 0.3) is 10.9 Å². The van der Waals surface area contributed by atoms with E-state index in [1.165, 1.54) is 5.69 Å². The molecule has 2 fully saturated rings. The predicted octanol–water partition coefficient (Wildman–Crippen LogP) is 3.58. The Balaban J connectivity index is 1.45. The minimum absolute atomic E-state index is 0.0692. The zero-order chi connectivity index (χ0) is 17.9. The van der Waals surface area contributed by atoms with E-state index in [0.717, 1.165) is 48.6 Å². The van der Waals surface area contributed by atoms with Crippen LogP contribution in [0.4, 0.5) is 0 Å². The van der Waals surface area contributed by atoms with E-state index in [0.29, 0.717) is 18.1 Å². The minimum atomic E-state index is -0.544. The molecule has 3 aliphatic rings. The second-order valence-corrected chi connectivity index (χ2v) is 8.22. The van der Waals surface area contributed by atoms with Gasteiger partial charge < -0.3 is 14.6 Å². The molecule has 0 radical (unpaired) electrons. The van der Waals surface area contributed by atoms with Gasteiger partial charge in [0.15, 0.2) is 0 Å². The lowest BCUT2D eigenvalue weighted by molar-refractivity contribution is -0.151. The summed E-state index contributed by atoms with van der Waals surface area (Å²) in [7, 11) is 0. The standard InChI is InChI=1S/C20H21ClN2O3/c21-12-3-4-16-13(9-12)14-11-23(8-5-17(14)22-16)19(25)15-10-18(24)26-20(15)6-1-2-7-20/h3-4,9,15,22H,1-2,5-8,10-11H2/t15-/m1/s1. The van der Waals surface area contributed by atoms with E-state index in [9.17, 15) is 9.59 Å². The number of hydrogen-bond donors (Lipinski definition) is 1. The first-order valence-corrected chi connectivity index (χ1v) is 9.73. The van der Waals surface area contributed by atoms with Crippen LogP contribution in [0.2, 0.25) is 5.02 Å². The molecule has 1 amide bonds.